The molecule has 0 bridgehead atoms. The zero-order valence-electron chi connectivity index (χ0n) is 12.8. The molecule has 1 heterocycles. The number of amides is 1. The highest BCUT2D eigenvalue weighted by Gasteiger charge is 2.49. The fourth-order valence-electron chi connectivity index (χ4n) is 4.83. The molecule has 1 amide bonds. The molecule has 1 N–H and O–H groups in total. The molecule has 2 aliphatic carbocycles. The number of hydrogen-bond acceptors (Lipinski definition) is 2. The van der Waals surface area contributed by atoms with Gasteiger partial charge in [0, 0.05) is 13.0 Å². The summed E-state index contributed by atoms with van der Waals surface area (Å²) in [5, 5.41) is 9.50. The van der Waals surface area contributed by atoms with Crippen molar-refractivity contribution in [2.45, 2.75) is 70.3 Å². The number of carbonyl (C=O) groups excluding carboxylic acids is 1. The molecule has 0 aromatic carbocycles. The molecule has 4 nitrogen and oxygen atoms in total. The molecule has 1 aliphatic heterocycles. The van der Waals surface area contributed by atoms with Gasteiger partial charge in [-0.05, 0) is 37.0 Å². The van der Waals surface area contributed by atoms with Crippen LogP contribution in [0, 0.1) is 17.8 Å². The molecule has 3 unspecified atom stereocenters. The highest BCUT2D eigenvalue weighted by Crippen LogP contribution is 2.42. The largest absolute Gasteiger partial charge is 0.480 e. The average molecular weight is 293 g/mol. The third-order valence-corrected chi connectivity index (χ3v) is 5.95. The SMILES string of the molecule is O=C(O)C1C2CCCC2CN1C(=O)CCC1CCCCC1. The second-order valence-electron chi connectivity index (χ2n) is 7.23. The molecule has 0 radical (unpaired) electrons. The van der Waals surface area contributed by atoms with Crippen LogP contribution in [0.5, 0.6) is 0 Å². The minimum atomic E-state index is -0.796. The van der Waals surface area contributed by atoms with E-state index in [1.807, 2.05) is 0 Å². The maximum atomic E-state index is 12.5. The standard InChI is InChI=1S/C17H27NO3/c19-15(10-9-12-5-2-1-3-6-12)18-11-13-7-4-8-14(13)16(18)17(20)21/h12-14,16H,1-11H2,(H,20,21). The zero-order valence-corrected chi connectivity index (χ0v) is 12.8. The predicted octanol–water partition coefficient (Wildman–Crippen LogP) is 3.06. The lowest BCUT2D eigenvalue weighted by Gasteiger charge is -2.26. The monoisotopic (exact) mass is 293 g/mol. The summed E-state index contributed by atoms with van der Waals surface area (Å²) < 4.78 is 0. The lowest BCUT2D eigenvalue weighted by Crippen LogP contribution is -2.43. The van der Waals surface area contributed by atoms with Gasteiger partial charge in [0.05, 0.1) is 0 Å². The maximum absolute atomic E-state index is 12.5. The number of likely N-dealkylation sites (tertiary alicyclic amines) is 1. The molecule has 1 saturated heterocycles. The van der Waals surface area contributed by atoms with Gasteiger partial charge in [0.15, 0.2) is 0 Å². The Morgan fingerprint density at radius 1 is 1.00 bits per heavy atom. The van der Waals surface area contributed by atoms with Crippen molar-refractivity contribution >= 4 is 11.9 Å². The van der Waals surface area contributed by atoms with Gasteiger partial charge in [-0.1, -0.05) is 38.5 Å². The summed E-state index contributed by atoms with van der Waals surface area (Å²) >= 11 is 0. The summed E-state index contributed by atoms with van der Waals surface area (Å²) in [7, 11) is 0. The van der Waals surface area contributed by atoms with Crippen molar-refractivity contribution in [1.82, 2.24) is 4.90 Å². The van der Waals surface area contributed by atoms with Gasteiger partial charge < -0.3 is 10.0 Å². The maximum Gasteiger partial charge on any atom is 0.326 e. The molecule has 118 valence electrons. The van der Waals surface area contributed by atoms with Gasteiger partial charge >= 0.3 is 5.97 Å². The lowest BCUT2D eigenvalue weighted by molar-refractivity contribution is -0.149. The highest BCUT2D eigenvalue weighted by molar-refractivity contribution is 5.84. The van der Waals surface area contributed by atoms with E-state index in [0.717, 1.165) is 25.7 Å². The van der Waals surface area contributed by atoms with Crippen LogP contribution in [0.1, 0.15) is 64.2 Å². The minimum absolute atomic E-state index is 0.0855. The van der Waals surface area contributed by atoms with Gasteiger partial charge in [-0.2, -0.15) is 0 Å². The van der Waals surface area contributed by atoms with Gasteiger partial charge in [0.2, 0.25) is 5.91 Å². The van der Waals surface area contributed by atoms with Crippen molar-refractivity contribution in [2.24, 2.45) is 17.8 Å². The van der Waals surface area contributed by atoms with Crippen LogP contribution in [0.3, 0.4) is 0 Å². The minimum Gasteiger partial charge on any atom is -0.480 e. The second kappa shape index (κ2) is 6.37. The van der Waals surface area contributed by atoms with Crippen molar-refractivity contribution < 1.29 is 14.7 Å². The Balaban J connectivity index is 1.57. The first kappa shape index (κ1) is 14.9. The molecule has 3 atom stereocenters. The lowest BCUT2D eigenvalue weighted by atomic mass is 9.86. The number of aliphatic carboxylic acids is 1. The quantitative estimate of drug-likeness (QED) is 0.866. The Morgan fingerprint density at radius 2 is 1.76 bits per heavy atom. The van der Waals surface area contributed by atoms with Crippen LogP contribution in [0.4, 0.5) is 0 Å². The summed E-state index contributed by atoms with van der Waals surface area (Å²) in [4.78, 5) is 25.8. The summed E-state index contributed by atoms with van der Waals surface area (Å²) in [6, 6.07) is -0.545. The second-order valence-corrected chi connectivity index (χ2v) is 7.23. The van der Waals surface area contributed by atoms with E-state index in [9.17, 15) is 14.7 Å². The highest BCUT2D eigenvalue weighted by atomic mass is 16.4. The van der Waals surface area contributed by atoms with Crippen LogP contribution in [0.2, 0.25) is 0 Å². The number of rotatable bonds is 4. The Kier molecular flexibility index (Phi) is 4.51. The first-order valence-corrected chi connectivity index (χ1v) is 8.69. The van der Waals surface area contributed by atoms with Gasteiger partial charge in [-0.3, -0.25) is 4.79 Å². The normalized spacial score (nSPS) is 33.1. The number of hydrogen-bond donors (Lipinski definition) is 1. The number of carboxylic acids is 1. The molecule has 3 aliphatic rings. The molecule has 3 rings (SSSR count). The van der Waals surface area contributed by atoms with Gasteiger partial charge in [-0.25, -0.2) is 4.79 Å². The summed E-state index contributed by atoms with van der Waals surface area (Å²) in [5.41, 5.74) is 0. The molecular formula is C17H27NO3. The smallest absolute Gasteiger partial charge is 0.326 e. The van der Waals surface area contributed by atoms with E-state index in [0.29, 0.717) is 24.8 Å². The van der Waals surface area contributed by atoms with Gasteiger partial charge in [0.25, 0.3) is 0 Å². The number of carbonyl (C=O) groups is 2. The summed E-state index contributed by atoms with van der Waals surface area (Å²) in [6.45, 7) is 0.686. The van der Waals surface area contributed by atoms with Crippen LogP contribution in [0.25, 0.3) is 0 Å². The van der Waals surface area contributed by atoms with E-state index >= 15 is 0 Å². The van der Waals surface area contributed by atoms with Crippen LogP contribution >= 0.6 is 0 Å². The van der Waals surface area contributed by atoms with Crippen molar-refractivity contribution in [2.75, 3.05) is 6.54 Å². The van der Waals surface area contributed by atoms with Crippen molar-refractivity contribution in [1.29, 1.82) is 0 Å². The summed E-state index contributed by atoms with van der Waals surface area (Å²) in [5.74, 6) is 0.622. The van der Waals surface area contributed by atoms with Crippen molar-refractivity contribution in [3.8, 4) is 0 Å². The average Bonchev–Trinajstić information content (AvgIpc) is 3.05. The van der Waals surface area contributed by atoms with Gasteiger partial charge in [-0.15, -0.1) is 0 Å². The number of fused-ring (bicyclic) bond motifs is 1. The van der Waals surface area contributed by atoms with Crippen LogP contribution in [-0.2, 0) is 9.59 Å². The molecule has 21 heavy (non-hydrogen) atoms. The Labute approximate surface area is 126 Å². The van der Waals surface area contributed by atoms with Crippen molar-refractivity contribution in [3.05, 3.63) is 0 Å². The Bertz CT molecular complexity index is 403. The van der Waals surface area contributed by atoms with Crippen LogP contribution in [0.15, 0.2) is 0 Å². The molecule has 4 heteroatoms. The molecule has 0 aromatic heterocycles. The van der Waals surface area contributed by atoms with Crippen LogP contribution in [-0.4, -0.2) is 34.5 Å². The molecular weight excluding hydrogens is 266 g/mol. The zero-order chi connectivity index (χ0) is 14.8. The first-order chi connectivity index (χ1) is 10.2. The molecule has 0 spiro atoms. The predicted molar refractivity (Wildman–Crippen MR) is 79.8 cm³/mol. The fraction of sp³-hybridized carbons (Fsp3) is 0.882. The van der Waals surface area contributed by atoms with Gasteiger partial charge in [0.1, 0.15) is 6.04 Å². The molecule has 0 aromatic rings. The fourth-order valence-corrected chi connectivity index (χ4v) is 4.83. The van der Waals surface area contributed by atoms with E-state index in [1.165, 1.54) is 32.1 Å². The van der Waals surface area contributed by atoms with E-state index in [-0.39, 0.29) is 11.8 Å². The van der Waals surface area contributed by atoms with E-state index < -0.39 is 12.0 Å². The molecule has 2 saturated carbocycles. The van der Waals surface area contributed by atoms with E-state index in [2.05, 4.69) is 0 Å². The third kappa shape index (κ3) is 3.09. The Morgan fingerprint density at radius 3 is 2.48 bits per heavy atom. The van der Waals surface area contributed by atoms with E-state index in [1.54, 1.807) is 4.90 Å². The Hall–Kier alpha value is -1.06. The van der Waals surface area contributed by atoms with Crippen LogP contribution < -0.4 is 0 Å². The first-order valence-electron chi connectivity index (χ1n) is 8.69. The third-order valence-electron chi connectivity index (χ3n) is 5.95. The van der Waals surface area contributed by atoms with E-state index in [4.69, 9.17) is 0 Å². The van der Waals surface area contributed by atoms with Crippen molar-refractivity contribution in [3.63, 3.8) is 0 Å². The number of nitrogens with zero attached hydrogens (tertiary/aromatic N) is 1. The topological polar surface area (TPSA) is 57.6 Å². The summed E-state index contributed by atoms with van der Waals surface area (Å²) in [6.07, 6.45) is 11.1. The number of carboxylic acid groups (broad SMARTS) is 1. The molecule has 3 fully saturated rings.